The van der Waals surface area contributed by atoms with Crippen molar-refractivity contribution in [3.63, 3.8) is 0 Å². The van der Waals surface area contributed by atoms with Crippen LogP contribution in [0.4, 0.5) is 18.9 Å². The maximum absolute atomic E-state index is 12.9. The summed E-state index contributed by atoms with van der Waals surface area (Å²) in [6.45, 7) is 0.660. The molecule has 0 fully saturated rings. The summed E-state index contributed by atoms with van der Waals surface area (Å²) < 4.78 is 39.0. The lowest BCUT2D eigenvalue weighted by Crippen LogP contribution is -2.17. The average molecular weight is 339 g/mol. The number of nitrogens with one attached hydrogen (secondary N) is 1. The predicted octanol–water partition coefficient (Wildman–Crippen LogP) is 4.37. The minimum absolute atomic E-state index is 0.0406. The van der Waals surface area contributed by atoms with Crippen LogP contribution in [-0.2, 0) is 6.18 Å². The molecule has 0 amide bonds. The van der Waals surface area contributed by atoms with Gasteiger partial charge in [-0.15, -0.1) is 0 Å². The number of halogens is 4. The van der Waals surface area contributed by atoms with Gasteiger partial charge in [-0.05, 0) is 24.6 Å². The van der Waals surface area contributed by atoms with E-state index >= 15 is 0 Å². The fourth-order valence-corrected chi connectivity index (χ4v) is 2.70. The number of thioether (sulfide) groups is 1. The van der Waals surface area contributed by atoms with Crippen molar-refractivity contribution in [1.82, 2.24) is 0 Å². The maximum Gasteiger partial charge on any atom is 0.418 e. The van der Waals surface area contributed by atoms with E-state index < -0.39 is 11.7 Å². The lowest BCUT2D eigenvalue weighted by Gasteiger charge is -2.17. The standard InChI is InChI=1S/C11H10BrF3N2S/c12-7-2-3-9(8(6-7)11(13,14)15)17-10-16-4-1-5-18-10/h2-3,6H,1,4-5H2,(H,16,17). The Balaban J connectivity index is 2.29. The highest BCUT2D eigenvalue weighted by Crippen LogP contribution is 2.37. The van der Waals surface area contributed by atoms with Gasteiger partial charge in [-0.3, -0.25) is 4.99 Å². The molecule has 1 aromatic rings. The molecule has 98 valence electrons. The van der Waals surface area contributed by atoms with Gasteiger partial charge in [0.25, 0.3) is 0 Å². The van der Waals surface area contributed by atoms with Crippen molar-refractivity contribution in [2.75, 3.05) is 17.6 Å². The highest BCUT2D eigenvalue weighted by molar-refractivity contribution is 9.10. The van der Waals surface area contributed by atoms with Gasteiger partial charge in [-0.2, -0.15) is 13.2 Å². The summed E-state index contributed by atoms with van der Waals surface area (Å²) in [5, 5.41) is 3.31. The molecule has 2 rings (SSSR count). The Morgan fingerprint density at radius 3 is 2.72 bits per heavy atom. The molecule has 1 heterocycles. The Hall–Kier alpha value is -0.690. The van der Waals surface area contributed by atoms with Gasteiger partial charge >= 0.3 is 6.18 Å². The minimum Gasteiger partial charge on any atom is -0.334 e. The molecule has 1 aliphatic rings. The first-order valence-corrected chi connectivity index (χ1v) is 7.06. The molecular weight excluding hydrogens is 329 g/mol. The second-order valence-corrected chi connectivity index (χ2v) is 5.70. The molecule has 7 heteroatoms. The van der Waals surface area contributed by atoms with Crippen LogP contribution in [0.5, 0.6) is 0 Å². The molecule has 0 saturated heterocycles. The summed E-state index contributed by atoms with van der Waals surface area (Å²) in [6.07, 6.45) is -3.42. The molecule has 0 saturated carbocycles. The molecule has 0 aromatic heterocycles. The summed E-state index contributed by atoms with van der Waals surface area (Å²) in [6, 6.07) is 4.05. The number of hydrogen-bond donors (Lipinski definition) is 1. The van der Waals surface area contributed by atoms with Crippen molar-refractivity contribution < 1.29 is 13.2 Å². The second kappa shape index (κ2) is 5.52. The Morgan fingerprint density at radius 2 is 2.11 bits per heavy atom. The quantitative estimate of drug-likeness (QED) is 0.822. The summed E-state index contributed by atoms with van der Waals surface area (Å²) in [4.78, 5) is 4.16. The Bertz CT molecular complexity index is 474. The number of benzene rings is 1. The zero-order valence-electron chi connectivity index (χ0n) is 9.22. The number of aliphatic imine (C=N–C) groups is 1. The van der Waals surface area contributed by atoms with E-state index in [0.717, 1.165) is 18.2 Å². The van der Waals surface area contributed by atoms with E-state index in [0.29, 0.717) is 16.2 Å². The largest absolute Gasteiger partial charge is 0.418 e. The lowest BCUT2D eigenvalue weighted by atomic mass is 10.2. The second-order valence-electron chi connectivity index (χ2n) is 3.70. The first kappa shape index (κ1) is 13.7. The van der Waals surface area contributed by atoms with E-state index in [1.54, 1.807) is 6.07 Å². The van der Waals surface area contributed by atoms with Crippen molar-refractivity contribution in [2.24, 2.45) is 4.99 Å². The van der Waals surface area contributed by atoms with E-state index in [9.17, 15) is 13.2 Å². The zero-order chi connectivity index (χ0) is 13.2. The van der Waals surface area contributed by atoms with Gasteiger partial charge in [0, 0.05) is 16.8 Å². The molecular formula is C11H10BrF3N2S. The topological polar surface area (TPSA) is 24.4 Å². The molecule has 18 heavy (non-hydrogen) atoms. The molecule has 0 bridgehead atoms. The third-order valence-corrected chi connectivity index (χ3v) is 3.82. The first-order valence-electron chi connectivity index (χ1n) is 5.28. The number of hydrogen-bond acceptors (Lipinski definition) is 3. The van der Waals surface area contributed by atoms with Crippen molar-refractivity contribution in [3.05, 3.63) is 28.2 Å². The van der Waals surface area contributed by atoms with Crippen LogP contribution < -0.4 is 5.32 Å². The lowest BCUT2D eigenvalue weighted by molar-refractivity contribution is -0.136. The molecule has 0 unspecified atom stereocenters. The van der Waals surface area contributed by atoms with E-state index in [1.165, 1.54) is 17.8 Å². The van der Waals surface area contributed by atoms with E-state index in [1.807, 2.05) is 0 Å². The predicted molar refractivity (Wildman–Crippen MR) is 72.1 cm³/mol. The van der Waals surface area contributed by atoms with Crippen LogP contribution in [0.1, 0.15) is 12.0 Å². The SMILES string of the molecule is FC(F)(F)c1cc(Br)ccc1NC1=NCCCS1. The average Bonchev–Trinajstić information content (AvgIpc) is 2.31. The highest BCUT2D eigenvalue weighted by atomic mass is 79.9. The van der Waals surface area contributed by atoms with Crippen LogP contribution in [-0.4, -0.2) is 17.5 Å². The number of nitrogens with zero attached hydrogens (tertiary/aromatic N) is 1. The summed E-state index contributed by atoms with van der Waals surface area (Å²) in [5.74, 6) is 0.879. The zero-order valence-corrected chi connectivity index (χ0v) is 11.6. The van der Waals surface area contributed by atoms with Gasteiger partial charge in [-0.25, -0.2) is 0 Å². The maximum atomic E-state index is 12.9. The molecule has 2 nitrogen and oxygen atoms in total. The molecule has 0 radical (unpaired) electrons. The van der Waals surface area contributed by atoms with E-state index in [-0.39, 0.29) is 5.69 Å². The molecule has 0 atom stereocenters. The number of rotatable bonds is 1. The van der Waals surface area contributed by atoms with Crippen molar-refractivity contribution >= 4 is 38.5 Å². The van der Waals surface area contributed by atoms with Crippen molar-refractivity contribution in [2.45, 2.75) is 12.6 Å². The minimum atomic E-state index is -4.38. The molecule has 0 aliphatic carbocycles. The number of alkyl halides is 3. The summed E-state index contributed by atoms with van der Waals surface area (Å²) in [7, 11) is 0. The Morgan fingerprint density at radius 1 is 1.33 bits per heavy atom. The Labute approximate surface area is 115 Å². The van der Waals surface area contributed by atoms with E-state index in [2.05, 4.69) is 26.2 Å². The van der Waals surface area contributed by atoms with E-state index in [4.69, 9.17) is 0 Å². The van der Waals surface area contributed by atoms with Gasteiger partial charge in [0.05, 0.1) is 11.3 Å². The van der Waals surface area contributed by atoms with Crippen LogP contribution in [0, 0.1) is 0 Å². The van der Waals surface area contributed by atoms with Gasteiger partial charge in [0.15, 0.2) is 5.17 Å². The van der Waals surface area contributed by atoms with Gasteiger partial charge in [0.2, 0.25) is 0 Å². The molecule has 1 aliphatic heterocycles. The monoisotopic (exact) mass is 338 g/mol. The number of anilines is 1. The fourth-order valence-electron chi connectivity index (χ4n) is 1.51. The summed E-state index contributed by atoms with van der Waals surface area (Å²) in [5.41, 5.74) is -0.649. The first-order chi connectivity index (χ1) is 8.47. The smallest absolute Gasteiger partial charge is 0.334 e. The van der Waals surface area contributed by atoms with Crippen molar-refractivity contribution in [3.8, 4) is 0 Å². The van der Waals surface area contributed by atoms with Gasteiger partial charge in [-0.1, -0.05) is 27.7 Å². The van der Waals surface area contributed by atoms with Gasteiger partial charge < -0.3 is 5.32 Å². The molecule has 1 N–H and O–H groups in total. The highest BCUT2D eigenvalue weighted by Gasteiger charge is 2.34. The third kappa shape index (κ3) is 3.41. The molecule has 0 spiro atoms. The van der Waals surface area contributed by atoms with Crippen LogP contribution in [0.2, 0.25) is 0 Å². The molecule has 1 aromatic carbocycles. The van der Waals surface area contributed by atoms with Crippen LogP contribution in [0.25, 0.3) is 0 Å². The van der Waals surface area contributed by atoms with Crippen LogP contribution >= 0.6 is 27.7 Å². The van der Waals surface area contributed by atoms with Crippen LogP contribution in [0.15, 0.2) is 27.7 Å². The fraction of sp³-hybridized carbons (Fsp3) is 0.364. The Kier molecular flexibility index (Phi) is 4.21. The summed E-state index contributed by atoms with van der Waals surface area (Å²) >= 11 is 4.49. The van der Waals surface area contributed by atoms with Crippen LogP contribution in [0.3, 0.4) is 0 Å². The normalized spacial score (nSPS) is 16.3. The van der Waals surface area contributed by atoms with Crippen molar-refractivity contribution in [1.29, 1.82) is 0 Å². The number of amidine groups is 1. The third-order valence-electron chi connectivity index (χ3n) is 2.33. The van der Waals surface area contributed by atoms with Gasteiger partial charge in [0.1, 0.15) is 0 Å².